The van der Waals surface area contributed by atoms with Crippen molar-refractivity contribution in [1.29, 1.82) is 0 Å². The maximum atomic E-state index is 12.2. The Morgan fingerprint density at radius 3 is 2.61 bits per heavy atom. The summed E-state index contributed by atoms with van der Waals surface area (Å²) >= 11 is 0. The van der Waals surface area contributed by atoms with Crippen molar-refractivity contribution in [3.8, 4) is 0 Å². The van der Waals surface area contributed by atoms with Gasteiger partial charge in [0.15, 0.2) is 5.69 Å². The summed E-state index contributed by atoms with van der Waals surface area (Å²) in [5.74, 6) is -0.865. The van der Waals surface area contributed by atoms with E-state index in [0.29, 0.717) is 26.3 Å². The van der Waals surface area contributed by atoms with Gasteiger partial charge >= 0.3 is 0 Å². The van der Waals surface area contributed by atoms with Crippen molar-refractivity contribution >= 4 is 11.8 Å². The van der Waals surface area contributed by atoms with E-state index in [2.05, 4.69) is 5.10 Å². The molecule has 7 nitrogen and oxygen atoms in total. The topological polar surface area (TPSA) is 90.5 Å². The number of carbonyl (C=O) groups is 2. The summed E-state index contributed by atoms with van der Waals surface area (Å²) in [4.78, 5) is 25.1. The molecular weight excluding hydrogens is 236 g/mol. The smallest absolute Gasteiger partial charge is 0.275 e. The summed E-state index contributed by atoms with van der Waals surface area (Å²) in [7, 11) is 1.65. The number of rotatable bonds is 2. The highest BCUT2D eigenvalue weighted by molar-refractivity contribution is 6.05. The van der Waals surface area contributed by atoms with E-state index in [-0.39, 0.29) is 22.6 Å². The number of nitrogens with two attached hydrogens (primary N) is 1. The van der Waals surface area contributed by atoms with Crippen LogP contribution in [0.4, 0.5) is 0 Å². The third kappa shape index (κ3) is 1.51. The molecule has 2 aliphatic heterocycles. The molecule has 2 N–H and O–H groups in total. The minimum absolute atomic E-state index is 0.139. The summed E-state index contributed by atoms with van der Waals surface area (Å²) in [5.41, 5.74) is 5.70. The van der Waals surface area contributed by atoms with Gasteiger partial charge in [-0.05, 0) is 0 Å². The zero-order valence-electron chi connectivity index (χ0n) is 10.0. The van der Waals surface area contributed by atoms with Crippen molar-refractivity contribution in [2.75, 3.05) is 26.3 Å². The monoisotopic (exact) mass is 250 g/mol. The van der Waals surface area contributed by atoms with Crippen LogP contribution >= 0.6 is 0 Å². The Morgan fingerprint density at radius 2 is 2.11 bits per heavy atom. The minimum atomic E-state index is -0.631. The standard InChI is InChI=1S/C11H14N4O3/c1-14-2-7(9(12)16)8(13-14)10(17)15-3-11(4-15)5-18-6-11/h2H,3-6H2,1H3,(H2,12,16). The number of primary amides is 1. The number of nitrogens with zero attached hydrogens (tertiary/aromatic N) is 3. The first kappa shape index (κ1) is 11.2. The number of aryl methyl sites for hydroxylation is 1. The Balaban J connectivity index is 1.78. The number of ether oxygens (including phenoxy) is 1. The molecule has 0 atom stereocenters. The van der Waals surface area contributed by atoms with Gasteiger partial charge in [-0.1, -0.05) is 0 Å². The second-order valence-corrected chi connectivity index (χ2v) is 5.08. The number of hydrogen-bond acceptors (Lipinski definition) is 4. The SMILES string of the molecule is Cn1cc(C(N)=O)c(C(=O)N2CC3(COC3)C2)n1. The van der Waals surface area contributed by atoms with E-state index in [1.54, 1.807) is 11.9 Å². The molecule has 0 bridgehead atoms. The molecule has 1 aromatic rings. The van der Waals surface area contributed by atoms with Crippen LogP contribution in [-0.4, -0.2) is 52.8 Å². The van der Waals surface area contributed by atoms with Gasteiger partial charge in [-0.25, -0.2) is 0 Å². The Bertz CT molecular complexity index is 524. The van der Waals surface area contributed by atoms with E-state index in [1.165, 1.54) is 10.9 Å². The van der Waals surface area contributed by atoms with Crippen LogP contribution in [0, 0.1) is 5.41 Å². The second kappa shape index (κ2) is 3.55. The third-order valence-corrected chi connectivity index (χ3v) is 3.45. The highest BCUT2D eigenvalue weighted by Crippen LogP contribution is 2.38. The molecule has 0 saturated carbocycles. The summed E-state index contributed by atoms with van der Waals surface area (Å²) in [6.45, 7) is 2.75. The average molecular weight is 250 g/mol. The van der Waals surface area contributed by atoms with Crippen LogP contribution in [0.1, 0.15) is 20.8 Å². The van der Waals surface area contributed by atoms with Gasteiger partial charge in [-0.2, -0.15) is 5.10 Å². The van der Waals surface area contributed by atoms with E-state index < -0.39 is 5.91 Å². The fourth-order valence-corrected chi connectivity index (χ4v) is 2.46. The van der Waals surface area contributed by atoms with Crippen LogP contribution in [0.2, 0.25) is 0 Å². The summed E-state index contributed by atoms with van der Waals surface area (Å²) < 4.78 is 6.57. The molecule has 96 valence electrons. The number of hydrogen-bond donors (Lipinski definition) is 1. The van der Waals surface area contributed by atoms with E-state index in [1.807, 2.05) is 0 Å². The lowest BCUT2D eigenvalue weighted by Crippen LogP contribution is -2.67. The van der Waals surface area contributed by atoms with Gasteiger partial charge in [-0.15, -0.1) is 0 Å². The normalized spacial score (nSPS) is 20.4. The van der Waals surface area contributed by atoms with Gasteiger partial charge in [0.1, 0.15) is 0 Å². The first-order valence-electron chi connectivity index (χ1n) is 5.71. The lowest BCUT2D eigenvalue weighted by Gasteiger charge is -2.54. The van der Waals surface area contributed by atoms with Crippen molar-refractivity contribution in [2.45, 2.75) is 0 Å². The van der Waals surface area contributed by atoms with Gasteiger partial charge in [0.25, 0.3) is 11.8 Å². The molecule has 3 heterocycles. The van der Waals surface area contributed by atoms with E-state index >= 15 is 0 Å². The molecule has 7 heteroatoms. The highest BCUT2D eigenvalue weighted by atomic mass is 16.5. The van der Waals surface area contributed by atoms with Gasteiger partial charge in [0.05, 0.1) is 24.2 Å². The summed E-state index contributed by atoms with van der Waals surface area (Å²) in [6.07, 6.45) is 1.47. The van der Waals surface area contributed by atoms with E-state index in [9.17, 15) is 9.59 Å². The van der Waals surface area contributed by atoms with Crippen molar-refractivity contribution < 1.29 is 14.3 Å². The Labute approximate surface area is 103 Å². The predicted octanol–water partition coefficient (Wildman–Crippen LogP) is -1.01. The molecule has 2 fully saturated rings. The van der Waals surface area contributed by atoms with E-state index in [0.717, 1.165) is 0 Å². The number of likely N-dealkylation sites (tertiary alicyclic amines) is 1. The Hall–Kier alpha value is -1.89. The average Bonchev–Trinajstić information content (AvgIpc) is 2.55. The maximum Gasteiger partial charge on any atom is 0.275 e. The Kier molecular flexibility index (Phi) is 2.21. The van der Waals surface area contributed by atoms with Gasteiger partial charge < -0.3 is 15.4 Å². The van der Waals surface area contributed by atoms with Crippen molar-refractivity contribution in [2.24, 2.45) is 18.2 Å². The number of amides is 2. The first-order valence-corrected chi connectivity index (χ1v) is 5.71. The van der Waals surface area contributed by atoms with Gasteiger partial charge in [-0.3, -0.25) is 14.3 Å². The predicted molar refractivity (Wildman–Crippen MR) is 60.9 cm³/mol. The molecule has 0 aliphatic carbocycles. The lowest BCUT2D eigenvalue weighted by molar-refractivity contribution is -0.176. The minimum Gasteiger partial charge on any atom is -0.380 e. The number of carbonyl (C=O) groups excluding carboxylic acids is 2. The lowest BCUT2D eigenvalue weighted by atomic mass is 9.78. The van der Waals surface area contributed by atoms with Crippen LogP contribution in [0.15, 0.2) is 6.20 Å². The molecule has 0 aromatic carbocycles. The Morgan fingerprint density at radius 1 is 1.44 bits per heavy atom. The zero-order valence-corrected chi connectivity index (χ0v) is 10.0. The largest absolute Gasteiger partial charge is 0.380 e. The molecular formula is C11H14N4O3. The van der Waals surface area contributed by atoms with Crippen LogP contribution in [0.25, 0.3) is 0 Å². The van der Waals surface area contributed by atoms with Gasteiger partial charge in [0, 0.05) is 26.3 Å². The molecule has 1 spiro atoms. The molecule has 0 radical (unpaired) electrons. The molecule has 2 saturated heterocycles. The zero-order chi connectivity index (χ0) is 12.9. The number of aromatic nitrogens is 2. The summed E-state index contributed by atoms with van der Waals surface area (Å²) in [5, 5.41) is 4.02. The first-order chi connectivity index (χ1) is 8.51. The van der Waals surface area contributed by atoms with Crippen molar-refractivity contribution in [3.05, 3.63) is 17.5 Å². The van der Waals surface area contributed by atoms with Crippen LogP contribution in [-0.2, 0) is 11.8 Å². The third-order valence-electron chi connectivity index (χ3n) is 3.45. The maximum absolute atomic E-state index is 12.2. The molecule has 18 heavy (non-hydrogen) atoms. The van der Waals surface area contributed by atoms with Crippen molar-refractivity contribution in [1.82, 2.24) is 14.7 Å². The fraction of sp³-hybridized carbons (Fsp3) is 0.545. The second-order valence-electron chi connectivity index (χ2n) is 5.08. The van der Waals surface area contributed by atoms with Crippen LogP contribution in [0.3, 0.4) is 0 Å². The molecule has 2 aliphatic rings. The molecule has 2 amide bonds. The van der Waals surface area contributed by atoms with Gasteiger partial charge in [0.2, 0.25) is 0 Å². The van der Waals surface area contributed by atoms with E-state index in [4.69, 9.17) is 10.5 Å². The molecule has 3 rings (SSSR count). The quantitative estimate of drug-likeness (QED) is 0.728. The molecule has 1 aromatic heterocycles. The molecule has 0 unspecified atom stereocenters. The van der Waals surface area contributed by atoms with Crippen LogP contribution in [0.5, 0.6) is 0 Å². The summed E-state index contributed by atoms with van der Waals surface area (Å²) in [6, 6.07) is 0. The van der Waals surface area contributed by atoms with Crippen LogP contribution < -0.4 is 5.73 Å². The van der Waals surface area contributed by atoms with Crippen molar-refractivity contribution in [3.63, 3.8) is 0 Å². The highest BCUT2D eigenvalue weighted by Gasteiger charge is 2.51. The fourth-order valence-electron chi connectivity index (χ4n) is 2.46.